The van der Waals surface area contributed by atoms with E-state index in [0.29, 0.717) is 18.4 Å². The molecule has 4 aromatic rings. The van der Waals surface area contributed by atoms with Crippen LogP contribution in [0.3, 0.4) is 0 Å². The lowest BCUT2D eigenvalue weighted by Gasteiger charge is -2.31. The van der Waals surface area contributed by atoms with Gasteiger partial charge in [-0.25, -0.2) is 0 Å². The minimum absolute atomic E-state index is 0. The molecule has 5 nitrogen and oxygen atoms in total. The average Bonchev–Trinajstić information content (AvgIpc) is 3.07. The molecule has 5 rings (SSSR count). The molecule has 0 N–H and O–H groups in total. The Balaban J connectivity index is 0.00000245. The second-order valence-corrected chi connectivity index (χ2v) is 8.38. The lowest BCUT2D eigenvalue weighted by Crippen LogP contribution is -2.31. The topological polar surface area (TPSA) is 39.4 Å². The number of aryl methyl sites for hydroxylation is 1. The number of ether oxygens (including phenoxy) is 1. The van der Waals surface area contributed by atoms with Crippen molar-refractivity contribution in [3.63, 3.8) is 0 Å². The van der Waals surface area contributed by atoms with E-state index >= 15 is 0 Å². The van der Waals surface area contributed by atoms with Crippen molar-refractivity contribution in [1.82, 2.24) is 14.0 Å². The molecule has 0 bridgehead atoms. The highest BCUT2D eigenvalue weighted by molar-refractivity contribution is 5.87. The molecule has 0 saturated heterocycles. The maximum atomic E-state index is 12.8. The highest BCUT2D eigenvalue weighted by Crippen LogP contribution is 2.36. The van der Waals surface area contributed by atoms with Crippen molar-refractivity contribution in [2.24, 2.45) is 7.05 Å². The summed E-state index contributed by atoms with van der Waals surface area (Å²) in [6.07, 6.45) is 2.85. The molecular formula is C26H28ClN3O2. The average molecular weight is 450 g/mol. The molecule has 0 fully saturated rings. The van der Waals surface area contributed by atoms with Gasteiger partial charge in [-0.15, -0.1) is 12.4 Å². The lowest BCUT2D eigenvalue weighted by molar-refractivity contribution is 0.239. The van der Waals surface area contributed by atoms with E-state index in [1.54, 1.807) is 16.8 Å². The van der Waals surface area contributed by atoms with Crippen LogP contribution in [0.5, 0.6) is 5.75 Å². The van der Waals surface area contributed by atoms with Crippen LogP contribution in [-0.2, 0) is 20.1 Å². The number of hydrogen-bond acceptors (Lipinski definition) is 3. The van der Waals surface area contributed by atoms with E-state index in [0.717, 1.165) is 24.2 Å². The minimum atomic E-state index is -0.100. The molecule has 0 amide bonds. The molecule has 32 heavy (non-hydrogen) atoms. The fourth-order valence-electron chi connectivity index (χ4n) is 4.66. The van der Waals surface area contributed by atoms with E-state index in [4.69, 9.17) is 4.74 Å². The zero-order valence-corrected chi connectivity index (χ0v) is 19.4. The van der Waals surface area contributed by atoms with Crippen molar-refractivity contribution < 1.29 is 4.74 Å². The number of aromatic nitrogens is 2. The van der Waals surface area contributed by atoms with Crippen LogP contribution in [0.1, 0.15) is 29.8 Å². The third kappa shape index (κ3) is 3.83. The maximum Gasteiger partial charge on any atom is 0.258 e. The molecule has 1 unspecified atom stereocenters. The Morgan fingerprint density at radius 1 is 1.03 bits per heavy atom. The third-order valence-electron chi connectivity index (χ3n) is 6.53. The standard InChI is InChI=1S/C26H27N3O2.ClH/c1-18-26-23(12-13-27(18)2)22-10-9-20(15-24(22)28(26)3)29-14-11-21(16-25(29)30)31-17-19-7-5-4-6-8-19;/h4-11,14-16,18H,12-13,17H2,1-3H3;1H. The van der Waals surface area contributed by atoms with Gasteiger partial charge in [-0.05, 0) is 49.7 Å². The van der Waals surface area contributed by atoms with Gasteiger partial charge in [0.25, 0.3) is 5.56 Å². The number of fused-ring (bicyclic) bond motifs is 3. The Bertz CT molecular complexity index is 1310. The minimum Gasteiger partial charge on any atom is -0.489 e. The van der Waals surface area contributed by atoms with Crippen LogP contribution < -0.4 is 10.3 Å². The molecule has 0 spiro atoms. The lowest BCUT2D eigenvalue weighted by atomic mass is 9.99. The fraction of sp³-hybridized carbons (Fsp3) is 0.269. The van der Waals surface area contributed by atoms with Gasteiger partial charge in [0.05, 0.1) is 11.2 Å². The SMILES string of the molecule is CC1c2c(c3ccc(-n4ccc(OCc5ccccc5)cc4=O)cc3n2C)CCN1C.Cl. The normalized spacial score (nSPS) is 15.9. The number of halogens is 1. The Kier molecular flexibility index (Phi) is 6.13. The van der Waals surface area contributed by atoms with E-state index in [1.807, 2.05) is 42.5 Å². The molecule has 3 heterocycles. The van der Waals surface area contributed by atoms with Gasteiger partial charge in [0.1, 0.15) is 12.4 Å². The van der Waals surface area contributed by atoms with Crippen LogP contribution in [0.25, 0.3) is 16.6 Å². The van der Waals surface area contributed by atoms with Crippen LogP contribution >= 0.6 is 12.4 Å². The second-order valence-electron chi connectivity index (χ2n) is 8.38. The van der Waals surface area contributed by atoms with Gasteiger partial charge in [0.15, 0.2) is 0 Å². The molecule has 6 heteroatoms. The van der Waals surface area contributed by atoms with Gasteiger partial charge < -0.3 is 9.30 Å². The van der Waals surface area contributed by atoms with Crippen molar-refractivity contribution in [3.05, 3.63) is 94.0 Å². The first-order valence-electron chi connectivity index (χ1n) is 10.7. The fourth-order valence-corrected chi connectivity index (χ4v) is 4.66. The Morgan fingerprint density at radius 2 is 1.81 bits per heavy atom. The van der Waals surface area contributed by atoms with Gasteiger partial charge >= 0.3 is 0 Å². The molecule has 0 radical (unpaired) electrons. The molecule has 1 aliphatic heterocycles. The van der Waals surface area contributed by atoms with Crippen LogP contribution in [0.15, 0.2) is 71.7 Å². The summed E-state index contributed by atoms with van der Waals surface area (Å²) in [6.45, 7) is 3.77. The summed E-state index contributed by atoms with van der Waals surface area (Å²) in [5, 5.41) is 1.29. The molecule has 2 aromatic carbocycles. The molecule has 1 aliphatic rings. The van der Waals surface area contributed by atoms with Crippen LogP contribution in [0.2, 0.25) is 0 Å². The van der Waals surface area contributed by atoms with Crippen LogP contribution in [-0.4, -0.2) is 27.6 Å². The summed E-state index contributed by atoms with van der Waals surface area (Å²) in [4.78, 5) is 15.2. The van der Waals surface area contributed by atoms with Crippen LogP contribution in [0, 0.1) is 0 Å². The van der Waals surface area contributed by atoms with Gasteiger partial charge in [-0.3, -0.25) is 14.3 Å². The quantitative estimate of drug-likeness (QED) is 0.445. The molecule has 0 aliphatic carbocycles. The van der Waals surface area contributed by atoms with Crippen molar-refractivity contribution in [2.75, 3.05) is 13.6 Å². The number of benzene rings is 2. The van der Waals surface area contributed by atoms with Crippen molar-refractivity contribution >= 4 is 23.3 Å². The largest absolute Gasteiger partial charge is 0.489 e. The first kappa shape index (κ1) is 22.2. The van der Waals surface area contributed by atoms with E-state index in [1.165, 1.54) is 22.2 Å². The molecular weight excluding hydrogens is 422 g/mol. The van der Waals surface area contributed by atoms with E-state index in [2.05, 4.69) is 42.6 Å². The number of rotatable bonds is 4. The van der Waals surface area contributed by atoms with Gasteiger partial charge in [0.2, 0.25) is 0 Å². The summed E-state index contributed by atoms with van der Waals surface area (Å²) >= 11 is 0. The van der Waals surface area contributed by atoms with E-state index in [9.17, 15) is 4.79 Å². The third-order valence-corrected chi connectivity index (χ3v) is 6.53. The van der Waals surface area contributed by atoms with Gasteiger partial charge in [-0.2, -0.15) is 0 Å². The highest BCUT2D eigenvalue weighted by atomic mass is 35.5. The first-order valence-corrected chi connectivity index (χ1v) is 10.7. The monoisotopic (exact) mass is 449 g/mol. The predicted octanol–water partition coefficient (Wildman–Crippen LogP) is 4.88. The number of likely N-dealkylation sites (N-methyl/N-ethyl adjacent to an activating group) is 1. The smallest absolute Gasteiger partial charge is 0.258 e. The molecule has 0 saturated carbocycles. The second kappa shape index (κ2) is 8.85. The highest BCUT2D eigenvalue weighted by Gasteiger charge is 2.27. The number of nitrogens with zero attached hydrogens (tertiary/aromatic N) is 3. The van der Waals surface area contributed by atoms with Crippen molar-refractivity contribution in [1.29, 1.82) is 0 Å². The van der Waals surface area contributed by atoms with Crippen molar-refractivity contribution in [3.8, 4) is 11.4 Å². The summed E-state index contributed by atoms with van der Waals surface area (Å²) in [6, 6.07) is 20.1. The zero-order valence-electron chi connectivity index (χ0n) is 18.6. The Labute approximate surface area is 194 Å². The predicted molar refractivity (Wildman–Crippen MR) is 131 cm³/mol. The number of hydrogen-bond donors (Lipinski definition) is 0. The zero-order chi connectivity index (χ0) is 21.5. The summed E-state index contributed by atoms with van der Waals surface area (Å²) < 4.78 is 9.77. The summed E-state index contributed by atoms with van der Waals surface area (Å²) in [5.74, 6) is 0.581. The van der Waals surface area contributed by atoms with E-state index in [-0.39, 0.29) is 18.0 Å². The van der Waals surface area contributed by atoms with Gasteiger partial charge in [-0.1, -0.05) is 36.4 Å². The Hall–Kier alpha value is -3.02. The van der Waals surface area contributed by atoms with Crippen LogP contribution in [0.4, 0.5) is 0 Å². The van der Waals surface area contributed by atoms with Crippen molar-refractivity contribution in [2.45, 2.75) is 26.0 Å². The molecule has 2 aromatic heterocycles. The summed E-state index contributed by atoms with van der Waals surface area (Å²) in [5.41, 5.74) is 5.82. The molecule has 166 valence electrons. The van der Waals surface area contributed by atoms with Gasteiger partial charge in [0, 0.05) is 43.0 Å². The summed E-state index contributed by atoms with van der Waals surface area (Å²) in [7, 11) is 4.31. The maximum absolute atomic E-state index is 12.8. The molecule has 1 atom stereocenters. The Morgan fingerprint density at radius 3 is 2.56 bits per heavy atom. The van der Waals surface area contributed by atoms with E-state index < -0.39 is 0 Å². The number of pyridine rings is 1. The first-order chi connectivity index (χ1) is 15.0.